The normalized spacial score (nSPS) is 24.5. The molecule has 1 aliphatic heterocycles. The molecule has 2 atom stereocenters. The van der Waals surface area contributed by atoms with E-state index >= 15 is 0 Å². The molecule has 0 saturated carbocycles. The number of anilines is 1. The van der Waals surface area contributed by atoms with Crippen molar-refractivity contribution in [1.82, 2.24) is 19.5 Å². The van der Waals surface area contributed by atoms with Crippen molar-refractivity contribution in [1.29, 1.82) is 0 Å². The zero-order valence-electron chi connectivity index (χ0n) is 8.85. The molecule has 0 bridgehead atoms. The van der Waals surface area contributed by atoms with E-state index in [0.717, 1.165) is 5.32 Å². The molecule has 1 fully saturated rings. The zero-order chi connectivity index (χ0) is 11.8. The first-order valence-electron chi connectivity index (χ1n) is 5.10. The first-order valence-corrected chi connectivity index (χ1v) is 7.30. The van der Waals surface area contributed by atoms with Crippen molar-refractivity contribution in [3.63, 3.8) is 0 Å². The Kier molecular flexibility index (Phi) is 2.71. The summed E-state index contributed by atoms with van der Waals surface area (Å²) in [6.07, 6.45) is 2.97. The monoisotopic (exact) mass is 301 g/mol. The van der Waals surface area contributed by atoms with Crippen LogP contribution < -0.4 is 5.73 Å². The van der Waals surface area contributed by atoms with Gasteiger partial charge in [-0.3, -0.25) is 0 Å². The number of nitrogens with zero attached hydrogens (tertiary/aromatic N) is 4. The Bertz CT molecular complexity index is 545. The van der Waals surface area contributed by atoms with Gasteiger partial charge >= 0.3 is 103 Å². The van der Waals surface area contributed by atoms with Crippen molar-refractivity contribution in [2.75, 3.05) is 12.3 Å². The number of ether oxygens (including phenoxy) is 1. The quantitative estimate of drug-likeness (QED) is 0.717. The summed E-state index contributed by atoms with van der Waals surface area (Å²) in [6, 6.07) is 0. The predicted molar refractivity (Wildman–Crippen MR) is 61.3 cm³/mol. The van der Waals surface area contributed by atoms with Crippen LogP contribution in [-0.2, 0) is 4.74 Å². The predicted octanol–water partition coefficient (Wildman–Crippen LogP) is -0.622. The Labute approximate surface area is 103 Å². The third-order valence-electron chi connectivity index (χ3n) is 2.58. The van der Waals surface area contributed by atoms with Crippen molar-refractivity contribution in [3.05, 3.63) is 12.7 Å². The van der Waals surface area contributed by atoms with E-state index in [-0.39, 0.29) is 32.8 Å². The van der Waals surface area contributed by atoms with E-state index in [4.69, 9.17) is 15.6 Å². The number of nitrogen functional groups attached to an aromatic ring is 1. The molecule has 0 aliphatic carbocycles. The first kappa shape index (κ1) is 10.9. The van der Waals surface area contributed by atoms with Gasteiger partial charge in [0.15, 0.2) is 0 Å². The molecular weight excluding hydrogens is 289 g/mol. The minimum absolute atomic E-state index is 0.0378. The number of rotatable bonds is 2. The number of fused-ring (bicyclic) bond motifs is 1. The first-order chi connectivity index (χ1) is 8.29. The van der Waals surface area contributed by atoms with Gasteiger partial charge in [0.2, 0.25) is 0 Å². The number of nitrogens with two attached hydrogens (primary N) is 1. The van der Waals surface area contributed by atoms with E-state index < -0.39 is 0 Å². The molecule has 1 saturated heterocycles. The number of aliphatic hydroxyl groups excluding tert-OH is 1. The molecule has 0 amide bonds. The van der Waals surface area contributed by atoms with Gasteiger partial charge in [-0.25, -0.2) is 0 Å². The van der Waals surface area contributed by atoms with Crippen LogP contribution in [0.15, 0.2) is 12.7 Å². The molecule has 0 radical (unpaired) electrons. The third-order valence-corrected chi connectivity index (χ3v) is 4.91. The zero-order valence-corrected chi connectivity index (χ0v) is 10.6. The fourth-order valence-corrected chi connectivity index (χ4v) is 3.72. The molecule has 0 spiro atoms. The van der Waals surface area contributed by atoms with Gasteiger partial charge in [-0.1, -0.05) is 0 Å². The van der Waals surface area contributed by atoms with Gasteiger partial charge in [-0.05, 0) is 0 Å². The summed E-state index contributed by atoms with van der Waals surface area (Å²) in [4.78, 5) is 12.3. The van der Waals surface area contributed by atoms with Crippen molar-refractivity contribution in [3.8, 4) is 0 Å². The Morgan fingerprint density at radius 1 is 1.53 bits per heavy atom. The van der Waals surface area contributed by atoms with Crippen molar-refractivity contribution >= 4 is 31.9 Å². The van der Waals surface area contributed by atoms with Gasteiger partial charge in [0.25, 0.3) is 0 Å². The molecule has 0 unspecified atom stereocenters. The Hall–Kier alpha value is -1.21. The molecule has 2 aromatic rings. The van der Waals surface area contributed by atoms with Crippen LogP contribution in [-0.4, -0.2) is 51.2 Å². The van der Waals surface area contributed by atoms with E-state index in [9.17, 15) is 0 Å². The minimum atomic E-state index is -0.105. The number of hydrogen-bond donors (Lipinski definition) is 2. The molecular formula is C9H11N5O2Se. The Morgan fingerprint density at radius 3 is 3.18 bits per heavy atom. The molecule has 0 aromatic carbocycles. The average molecular weight is 300 g/mol. The van der Waals surface area contributed by atoms with Crippen LogP contribution in [0, 0.1) is 0 Å². The second-order valence-electron chi connectivity index (χ2n) is 3.62. The summed E-state index contributed by atoms with van der Waals surface area (Å²) >= 11 is 0.286. The molecule has 8 heteroatoms. The molecule has 3 rings (SSSR count). The van der Waals surface area contributed by atoms with Gasteiger partial charge in [0, 0.05) is 0 Å². The Morgan fingerprint density at radius 2 is 2.41 bits per heavy atom. The number of aromatic nitrogens is 4. The van der Waals surface area contributed by atoms with E-state index in [1.54, 1.807) is 6.33 Å². The number of aliphatic hydroxyl groups is 1. The molecule has 3 N–H and O–H groups in total. The second-order valence-corrected chi connectivity index (χ2v) is 6.12. The van der Waals surface area contributed by atoms with Crippen molar-refractivity contribution in [2.45, 2.75) is 16.5 Å². The molecule has 90 valence electrons. The fraction of sp³-hybridized carbons (Fsp3) is 0.444. The second kappa shape index (κ2) is 4.23. The van der Waals surface area contributed by atoms with E-state index in [2.05, 4.69) is 15.0 Å². The maximum atomic E-state index is 9.06. The molecule has 17 heavy (non-hydrogen) atoms. The number of hydrogen-bond acceptors (Lipinski definition) is 6. The van der Waals surface area contributed by atoms with Gasteiger partial charge in [-0.15, -0.1) is 0 Å². The summed E-state index contributed by atoms with van der Waals surface area (Å²) in [5, 5.41) is 9.92. The molecule has 3 heterocycles. The topological polar surface area (TPSA) is 99.1 Å². The van der Waals surface area contributed by atoms with Gasteiger partial charge in [-0.2, -0.15) is 0 Å². The summed E-state index contributed by atoms with van der Waals surface area (Å²) in [6.45, 7) is 0.0697. The van der Waals surface area contributed by atoms with Crippen LogP contribution in [0.3, 0.4) is 0 Å². The maximum absolute atomic E-state index is 9.06. The number of imidazole rings is 1. The van der Waals surface area contributed by atoms with E-state index in [0.29, 0.717) is 17.0 Å². The Balaban J connectivity index is 1.99. The summed E-state index contributed by atoms with van der Waals surface area (Å²) in [5.74, 6) is 0.371. The van der Waals surface area contributed by atoms with Crippen LogP contribution in [0.25, 0.3) is 11.2 Å². The summed E-state index contributed by atoms with van der Waals surface area (Å²) < 4.78 is 7.55. The standard InChI is InChI=1S/C9H11N5O2Se/c10-8-7-9(12-3-11-8)14(4-13-7)5-2-17-6(1-15)16-5/h3-6,15H,1-2H2,(H2,10,11,12)/t5-,6+/m1/s1. The molecule has 1 aliphatic rings. The van der Waals surface area contributed by atoms with Crippen LogP contribution in [0.4, 0.5) is 5.82 Å². The van der Waals surface area contributed by atoms with Crippen molar-refractivity contribution < 1.29 is 9.84 Å². The van der Waals surface area contributed by atoms with E-state index in [1.807, 2.05) is 4.57 Å². The average Bonchev–Trinajstić information content (AvgIpc) is 2.94. The van der Waals surface area contributed by atoms with Crippen LogP contribution in [0.1, 0.15) is 6.23 Å². The van der Waals surface area contributed by atoms with Gasteiger partial charge in [0.05, 0.1) is 0 Å². The van der Waals surface area contributed by atoms with Crippen LogP contribution in [0.2, 0.25) is 5.32 Å². The molecule has 2 aromatic heterocycles. The summed E-state index contributed by atoms with van der Waals surface area (Å²) in [7, 11) is 0. The third kappa shape index (κ3) is 1.79. The van der Waals surface area contributed by atoms with Crippen molar-refractivity contribution in [2.24, 2.45) is 0 Å². The van der Waals surface area contributed by atoms with E-state index in [1.165, 1.54) is 6.33 Å². The molecule has 7 nitrogen and oxygen atoms in total. The van der Waals surface area contributed by atoms with Gasteiger partial charge in [0.1, 0.15) is 0 Å². The van der Waals surface area contributed by atoms with Crippen LogP contribution in [0.5, 0.6) is 0 Å². The van der Waals surface area contributed by atoms with Gasteiger partial charge < -0.3 is 0 Å². The summed E-state index contributed by atoms with van der Waals surface area (Å²) in [5.41, 5.74) is 6.99. The van der Waals surface area contributed by atoms with Crippen LogP contribution >= 0.6 is 0 Å². The SMILES string of the molecule is Nc1ncnc2c1ncn2[C@H]1C[Se][C@@H](CO)O1. The fourth-order valence-electron chi connectivity index (χ4n) is 1.77.